The molecule has 0 spiro atoms. The summed E-state index contributed by atoms with van der Waals surface area (Å²) in [5.74, 6) is 1.51. The third-order valence-corrected chi connectivity index (χ3v) is 3.84. The first-order valence-electron chi connectivity index (χ1n) is 6.92. The topological polar surface area (TPSA) is 44.5 Å². The Kier molecular flexibility index (Phi) is 5.44. The summed E-state index contributed by atoms with van der Waals surface area (Å²) < 4.78 is 11.8. The van der Waals surface area contributed by atoms with Crippen LogP contribution < -0.4 is 15.2 Å². The summed E-state index contributed by atoms with van der Waals surface area (Å²) in [4.78, 5) is 0. The molecule has 0 aliphatic heterocycles. The first kappa shape index (κ1) is 14.9. The van der Waals surface area contributed by atoms with Crippen molar-refractivity contribution in [3.05, 3.63) is 46.7 Å². The lowest BCUT2D eigenvalue weighted by molar-refractivity contribution is 0.162. The molecule has 2 unspecified atom stereocenters. The van der Waals surface area contributed by atoms with Gasteiger partial charge in [0.25, 0.3) is 0 Å². The minimum Gasteiger partial charge on any atom is -0.490 e. The smallest absolute Gasteiger partial charge is 0.162 e. The Bertz CT molecular complexity index is 513. The van der Waals surface area contributed by atoms with Gasteiger partial charge in [-0.05, 0) is 42.3 Å². The van der Waals surface area contributed by atoms with E-state index >= 15 is 0 Å². The summed E-state index contributed by atoms with van der Waals surface area (Å²) in [6, 6.07) is 9.75. The predicted molar refractivity (Wildman–Crippen MR) is 83.6 cm³/mol. The van der Waals surface area contributed by atoms with E-state index in [1.165, 1.54) is 0 Å². The Balaban J connectivity index is 2.24. The summed E-state index contributed by atoms with van der Waals surface area (Å²) in [5.41, 5.74) is 7.34. The molecule has 0 amide bonds. The van der Waals surface area contributed by atoms with Crippen molar-refractivity contribution in [2.45, 2.75) is 32.4 Å². The molecule has 0 saturated heterocycles. The van der Waals surface area contributed by atoms with E-state index in [1.54, 1.807) is 11.3 Å². The lowest BCUT2D eigenvalue weighted by atomic mass is 10.0. The number of hydrogen-bond donors (Lipinski definition) is 1. The zero-order valence-electron chi connectivity index (χ0n) is 11.9. The monoisotopic (exact) mass is 291 g/mol. The molecule has 1 aromatic carbocycles. The van der Waals surface area contributed by atoms with Crippen molar-refractivity contribution in [2.24, 2.45) is 5.73 Å². The number of thiophene rings is 1. The maximum absolute atomic E-state index is 6.22. The minimum absolute atomic E-state index is 0.0423. The molecule has 1 heterocycles. The van der Waals surface area contributed by atoms with Gasteiger partial charge in [0.2, 0.25) is 0 Å². The number of hydrogen-bond acceptors (Lipinski definition) is 4. The highest BCUT2D eigenvalue weighted by Gasteiger charge is 2.22. The first-order chi connectivity index (χ1) is 9.76. The molecule has 0 radical (unpaired) electrons. The van der Waals surface area contributed by atoms with Gasteiger partial charge in [0.05, 0.1) is 6.61 Å². The number of para-hydroxylation sites is 2. The van der Waals surface area contributed by atoms with Gasteiger partial charge < -0.3 is 15.2 Å². The second-order valence-electron chi connectivity index (χ2n) is 4.55. The van der Waals surface area contributed by atoms with Crippen LogP contribution in [0.2, 0.25) is 0 Å². The third-order valence-electron chi connectivity index (χ3n) is 3.13. The molecule has 1 aromatic heterocycles. The van der Waals surface area contributed by atoms with Crippen LogP contribution >= 0.6 is 11.3 Å². The van der Waals surface area contributed by atoms with Crippen LogP contribution in [0.25, 0.3) is 0 Å². The third kappa shape index (κ3) is 3.52. The number of benzene rings is 1. The van der Waals surface area contributed by atoms with Gasteiger partial charge in [-0.2, -0.15) is 11.3 Å². The van der Waals surface area contributed by atoms with Gasteiger partial charge in [0.1, 0.15) is 6.10 Å². The predicted octanol–water partition coefficient (Wildman–Crippen LogP) is 4.00. The van der Waals surface area contributed by atoms with Crippen LogP contribution in [0.4, 0.5) is 0 Å². The summed E-state index contributed by atoms with van der Waals surface area (Å²) in [5, 5.41) is 4.13. The van der Waals surface area contributed by atoms with Gasteiger partial charge in [-0.15, -0.1) is 0 Å². The molecular weight excluding hydrogens is 270 g/mol. The Morgan fingerprint density at radius 1 is 1.15 bits per heavy atom. The fraction of sp³-hybridized carbons (Fsp3) is 0.375. The van der Waals surface area contributed by atoms with E-state index in [2.05, 4.69) is 18.4 Å². The summed E-state index contributed by atoms with van der Waals surface area (Å²) >= 11 is 1.65. The van der Waals surface area contributed by atoms with Crippen LogP contribution in [0.5, 0.6) is 11.5 Å². The molecular formula is C16H21NO2S. The molecule has 0 fully saturated rings. The van der Waals surface area contributed by atoms with Crippen molar-refractivity contribution in [1.82, 2.24) is 0 Å². The van der Waals surface area contributed by atoms with Gasteiger partial charge >= 0.3 is 0 Å². The van der Waals surface area contributed by atoms with Crippen LogP contribution in [-0.2, 0) is 0 Å². The lowest BCUT2D eigenvalue weighted by Gasteiger charge is -2.24. The van der Waals surface area contributed by atoms with Crippen molar-refractivity contribution in [1.29, 1.82) is 0 Å². The summed E-state index contributed by atoms with van der Waals surface area (Å²) in [6.45, 7) is 4.65. The molecule has 2 aromatic rings. The van der Waals surface area contributed by atoms with Crippen molar-refractivity contribution in [2.75, 3.05) is 6.61 Å². The highest BCUT2D eigenvalue weighted by atomic mass is 32.1. The fourth-order valence-corrected chi connectivity index (χ4v) is 2.70. The Morgan fingerprint density at radius 3 is 2.50 bits per heavy atom. The molecule has 2 rings (SSSR count). The van der Waals surface area contributed by atoms with Crippen LogP contribution in [0.15, 0.2) is 41.1 Å². The van der Waals surface area contributed by atoms with Gasteiger partial charge in [0, 0.05) is 11.6 Å². The molecule has 0 saturated carbocycles. The van der Waals surface area contributed by atoms with E-state index in [0.29, 0.717) is 6.61 Å². The van der Waals surface area contributed by atoms with Gasteiger partial charge in [0.15, 0.2) is 11.5 Å². The molecule has 0 aliphatic rings. The van der Waals surface area contributed by atoms with Crippen LogP contribution in [0.3, 0.4) is 0 Å². The van der Waals surface area contributed by atoms with E-state index in [1.807, 2.05) is 36.6 Å². The van der Waals surface area contributed by atoms with Crippen LogP contribution in [0, 0.1) is 0 Å². The van der Waals surface area contributed by atoms with Crippen molar-refractivity contribution in [3.63, 3.8) is 0 Å². The first-order valence-corrected chi connectivity index (χ1v) is 7.86. The second kappa shape index (κ2) is 7.31. The van der Waals surface area contributed by atoms with E-state index in [4.69, 9.17) is 15.2 Å². The summed E-state index contributed by atoms with van der Waals surface area (Å²) in [6.07, 6.45) is 0.713. The maximum atomic E-state index is 6.22. The maximum Gasteiger partial charge on any atom is 0.162 e. The van der Waals surface area contributed by atoms with Crippen LogP contribution in [-0.4, -0.2) is 12.6 Å². The van der Waals surface area contributed by atoms with Gasteiger partial charge in [-0.3, -0.25) is 0 Å². The summed E-state index contributed by atoms with van der Waals surface area (Å²) in [7, 11) is 0. The highest BCUT2D eigenvalue weighted by molar-refractivity contribution is 7.07. The molecule has 0 bridgehead atoms. The van der Waals surface area contributed by atoms with Crippen molar-refractivity contribution < 1.29 is 9.47 Å². The molecule has 0 aliphatic carbocycles. The second-order valence-corrected chi connectivity index (χ2v) is 5.33. The molecule has 4 heteroatoms. The Hall–Kier alpha value is -1.52. The van der Waals surface area contributed by atoms with E-state index in [-0.39, 0.29) is 12.1 Å². The number of ether oxygens (including phenoxy) is 2. The Labute approximate surface area is 124 Å². The molecule has 3 nitrogen and oxygen atoms in total. The van der Waals surface area contributed by atoms with Gasteiger partial charge in [-0.25, -0.2) is 0 Å². The number of nitrogens with two attached hydrogens (primary N) is 1. The molecule has 2 atom stereocenters. The highest BCUT2D eigenvalue weighted by Crippen LogP contribution is 2.33. The lowest BCUT2D eigenvalue weighted by Crippen LogP contribution is -2.31. The van der Waals surface area contributed by atoms with Gasteiger partial charge in [-0.1, -0.05) is 19.1 Å². The normalized spacial score (nSPS) is 13.8. The van der Waals surface area contributed by atoms with E-state index < -0.39 is 0 Å². The SMILES string of the molecule is CCOc1ccccc1OC(c1ccsc1)C(N)CC. The van der Waals surface area contributed by atoms with E-state index in [0.717, 1.165) is 23.5 Å². The average Bonchev–Trinajstić information content (AvgIpc) is 3.00. The fourth-order valence-electron chi connectivity index (χ4n) is 2.01. The van der Waals surface area contributed by atoms with Crippen molar-refractivity contribution in [3.8, 4) is 11.5 Å². The van der Waals surface area contributed by atoms with E-state index in [9.17, 15) is 0 Å². The molecule has 108 valence electrons. The average molecular weight is 291 g/mol. The number of rotatable bonds is 7. The zero-order valence-corrected chi connectivity index (χ0v) is 12.7. The zero-order chi connectivity index (χ0) is 14.4. The quantitative estimate of drug-likeness (QED) is 0.838. The molecule has 2 N–H and O–H groups in total. The minimum atomic E-state index is -0.146. The van der Waals surface area contributed by atoms with Crippen molar-refractivity contribution >= 4 is 11.3 Å². The molecule has 20 heavy (non-hydrogen) atoms. The standard InChI is InChI=1S/C16H21NO2S/c1-3-13(17)16(12-9-10-20-11-12)19-15-8-6-5-7-14(15)18-4-2/h5-11,13,16H,3-4,17H2,1-2H3. The Morgan fingerprint density at radius 2 is 1.90 bits per heavy atom. The van der Waals surface area contributed by atoms with Crippen LogP contribution in [0.1, 0.15) is 31.9 Å². The largest absolute Gasteiger partial charge is 0.490 e.